The van der Waals surface area contributed by atoms with Crippen molar-refractivity contribution >= 4 is 17.1 Å². The first kappa shape index (κ1) is 17.7. The van der Waals surface area contributed by atoms with Gasteiger partial charge in [-0.15, -0.1) is 0 Å². The maximum absolute atomic E-state index is 13.7. The van der Waals surface area contributed by atoms with E-state index in [2.05, 4.69) is 15.3 Å². The monoisotopic (exact) mass is 354 g/mol. The quantitative estimate of drug-likeness (QED) is 0.764. The van der Waals surface area contributed by atoms with E-state index in [1.54, 1.807) is 36.5 Å². The highest BCUT2D eigenvalue weighted by Crippen LogP contribution is 2.10. The Labute approximate surface area is 149 Å². The summed E-state index contributed by atoms with van der Waals surface area (Å²) in [5.74, 6) is -0.864. The molecule has 0 aliphatic rings. The Morgan fingerprint density at radius 1 is 1.23 bits per heavy atom. The molecule has 0 aliphatic heterocycles. The predicted molar refractivity (Wildman–Crippen MR) is 96.2 cm³/mol. The lowest BCUT2D eigenvalue weighted by Gasteiger charge is -2.13. The molecule has 0 saturated carbocycles. The first-order valence-corrected chi connectivity index (χ1v) is 8.34. The fourth-order valence-corrected chi connectivity index (χ4v) is 2.66. The number of amides is 1. The number of benzene rings is 1. The van der Waals surface area contributed by atoms with E-state index in [0.29, 0.717) is 23.3 Å². The Bertz CT molecular complexity index is 1010. The van der Waals surface area contributed by atoms with Crippen LogP contribution in [-0.2, 0) is 13.1 Å². The van der Waals surface area contributed by atoms with Gasteiger partial charge in [-0.05, 0) is 24.1 Å². The molecule has 134 valence electrons. The molecule has 0 spiro atoms. The van der Waals surface area contributed by atoms with Gasteiger partial charge < -0.3 is 5.32 Å². The molecular weight excluding hydrogens is 335 g/mol. The number of rotatable bonds is 5. The second-order valence-corrected chi connectivity index (χ2v) is 6.39. The van der Waals surface area contributed by atoms with Crippen LogP contribution in [0.15, 0.2) is 47.4 Å². The number of nitrogens with zero attached hydrogens (tertiary/aromatic N) is 3. The summed E-state index contributed by atoms with van der Waals surface area (Å²) in [7, 11) is 0. The lowest BCUT2D eigenvalue weighted by Crippen LogP contribution is -2.35. The van der Waals surface area contributed by atoms with Crippen LogP contribution in [0.1, 0.15) is 29.9 Å². The van der Waals surface area contributed by atoms with Crippen LogP contribution in [0.5, 0.6) is 0 Å². The van der Waals surface area contributed by atoms with Crippen molar-refractivity contribution in [3.63, 3.8) is 0 Å². The number of fused-ring (bicyclic) bond motifs is 1. The molecule has 0 fully saturated rings. The van der Waals surface area contributed by atoms with Gasteiger partial charge in [-0.2, -0.15) is 0 Å². The van der Waals surface area contributed by atoms with Gasteiger partial charge in [-0.25, -0.2) is 14.4 Å². The fourth-order valence-electron chi connectivity index (χ4n) is 2.66. The first-order chi connectivity index (χ1) is 12.5. The fraction of sp³-hybridized carbons (Fsp3) is 0.263. The number of aromatic nitrogens is 3. The minimum Gasteiger partial charge on any atom is -0.346 e. The summed E-state index contributed by atoms with van der Waals surface area (Å²) < 4.78 is 15.2. The van der Waals surface area contributed by atoms with E-state index in [4.69, 9.17) is 0 Å². The Balaban J connectivity index is 1.96. The van der Waals surface area contributed by atoms with Crippen LogP contribution < -0.4 is 10.9 Å². The zero-order chi connectivity index (χ0) is 18.7. The minimum atomic E-state index is -0.637. The standard InChI is InChI=1S/C19H19FN4O2/c1-12(2)11-24-17-15(8-5-9-21-17)23-16(19(24)26)18(25)22-10-13-6-3-4-7-14(13)20/h3-9,12H,10-11H2,1-2H3,(H,22,25). The summed E-state index contributed by atoms with van der Waals surface area (Å²) in [6, 6.07) is 9.54. The lowest BCUT2D eigenvalue weighted by atomic mass is 10.2. The second kappa shape index (κ2) is 7.43. The molecule has 3 rings (SSSR count). The van der Waals surface area contributed by atoms with Crippen LogP contribution in [-0.4, -0.2) is 20.4 Å². The SMILES string of the molecule is CC(C)Cn1c(=O)c(C(=O)NCc2ccccc2F)nc2cccnc21. The van der Waals surface area contributed by atoms with E-state index in [1.165, 1.54) is 10.6 Å². The molecule has 0 bridgehead atoms. The summed E-state index contributed by atoms with van der Waals surface area (Å²) in [5.41, 5.74) is 0.518. The molecule has 0 radical (unpaired) electrons. The average molecular weight is 354 g/mol. The second-order valence-electron chi connectivity index (χ2n) is 6.39. The summed E-state index contributed by atoms with van der Waals surface area (Å²) >= 11 is 0. The van der Waals surface area contributed by atoms with Crippen LogP contribution in [0.25, 0.3) is 11.2 Å². The molecule has 1 N–H and O–H groups in total. The number of pyridine rings is 1. The van der Waals surface area contributed by atoms with Crippen LogP contribution in [0.4, 0.5) is 4.39 Å². The highest BCUT2D eigenvalue weighted by Gasteiger charge is 2.18. The van der Waals surface area contributed by atoms with Gasteiger partial charge in [-0.1, -0.05) is 32.0 Å². The average Bonchev–Trinajstić information content (AvgIpc) is 2.62. The summed E-state index contributed by atoms with van der Waals surface area (Å²) in [6.45, 7) is 4.34. The molecule has 7 heteroatoms. The van der Waals surface area contributed by atoms with Gasteiger partial charge in [0.25, 0.3) is 11.5 Å². The van der Waals surface area contributed by atoms with Gasteiger partial charge in [0, 0.05) is 24.8 Å². The molecule has 0 saturated heterocycles. The molecule has 1 amide bonds. The number of halogens is 1. The zero-order valence-corrected chi connectivity index (χ0v) is 14.6. The molecule has 2 aromatic heterocycles. The number of hydrogen-bond donors (Lipinski definition) is 1. The molecule has 0 atom stereocenters. The normalized spacial score (nSPS) is 11.1. The minimum absolute atomic E-state index is 0.0259. The summed E-state index contributed by atoms with van der Waals surface area (Å²) in [6.07, 6.45) is 1.58. The van der Waals surface area contributed by atoms with Crippen molar-refractivity contribution in [2.75, 3.05) is 0 Å². The topological polar surface area (TPSA) is 76.9 Å². The van der Waals surface area contributed by atoms with E-state index in [9.17, 15) is 14.0 Å². The van der Waals surface area contributed by atoms with E-state index in [1.807, 2.05) is 13.8 Å². The molecular formula is C19H19FN4O2. The van der Waals surface area contributed by atoms with E-state index < -0.39 is 17.3 Å². The van der Waals surface area contributed by atoms with Crippen molar-refractivity contribution in [3.05, 3.63) is 70.0 Å². The molecule has 0 unspecified atom stereocenters. The third-order valence-corrected chi connectivity index (χ3v) is 3.86. The smallest absolute Gasteiger partial charge is 0.283 e. The van der Waals surface area contributed by atoms with Gasteiger partial charge in [0.15, 0.2) is 11.3 Å². The van der Waals surface area contributed by atoms with Crippen LogP contribution in [0.2, 0.25) is 0 Å². The van der Waals surface area contributed by atoms with Gasteiger partial charge in [0.2, 0.25) is 0 Å². The third kappa shape index (κ3) is 3.61. The predicted octanol–water partition coefficient (Wildman–Crippen LogP) is 2.52. The highest BCUT2D eigenvalue weighted by molar-refractivity contribution is 5.93. The third-order valence-electron chi connectivity index (χ3n) is 3.86. The van der Waals surface area contributed by atoms with Gasteiger partial charge in [0.05, 0.1) is 0 Å². The Hall–Kier alpha value is -3.09. The number of hydrogen-bond acceptors (Lipinski definition) is 4. The van der Waals surface area contributed by atoms with E-state index >= 15 is 0 Å². The largest absolute Gasteiger partial charge is 0.346 e. The van der Waals surface area contributed by atoms with Crippen molar-refractivity contribution in [1.29, 1.82) is 0 Å². The number of nitrogens with one attached hydrogen (secondary N) is 1. The molecule has 6 nitrogen and oxygen atoms in total. The van der Waals surface area contributed by atoms with Crippen LogP contribution in [0.3, 0.4) is 0 Å². The van der Waals surface area contributed by atoms with Crippen LogP contribution in [0, 0.1) is 11.7 Å². The van der Waals surface area contributed by atoms with Crippen molar-refractivity contribution in [2.24, 2.45) is 5.92 Å². The van der Waals surface area contributed by atoms with Gasteiger partial charge in [-0.3, -0.25) is 14.2 Å². The molecule has 3 aromatic rings. The van der Waals surface area contributed by atoms with Crippen molar-refractivity contribution in [3.8, 4) is 0 Å². The van der Waals surface area contributed by atoms with Crippen LogP contribution >= 0.6 is 0 Å². The van der Waals surface area contributed by atoms with Crippen molar-refractivity contribution in [1.82, 2.24) is 19.9 Å². The molecule has 1 aromatic carbocycles. The highest BCUT2D eigenvalue weighted by atomic mass is 19.1. The Morgan fingerprint density at radius 2 is 2.00 bits per heavy atom. The Kier molecular flexibility index (Phi) is 5.06. The first-order valence-electron chi connectivity index (χ1n) is 8.34. The Morgan fingerprint density at radius 3 is 2.73 bits per heavy atom. The maximum Gasteiger partial charge on any atom is 0.283 e. The zero-order valence-electron chi connectivity index (χ0n) is 14.6. The van der Waals surface area contributed by atoms with E-state index in [0.717, 1.165) is 0 Å². The van der Waals surface area contributed by atoms with Gasteiger partial charge >= 0.3 is 0 Å². The van der Waals surface area contributed by atoms with Crippen molar-refractivity contribution in [2.45, 2.75) is 26.9 Å². The number of carbonyl (C=O) groups is 1. The molecule has 2 heterocycles. The van der Waals surface area contributed by atoms with Gasteiger partial charge in [0.1, 0.15) is 11.3 Å². The molecule has 26 heavy (non-hydrogen) atoms. The summed E-state index contributed by atoms with van der Waals surface area (Å²) in [5, 5.41) is 2.57. The van der Waals surface area contributed by atoms with Crippen molar-refractivity contribution < 1.29 is 9.18 Å². The number of carbonyl (C=O) groups excluding carboxylic acids is 1. The molecule has 0 aliphatic carbocycles. The maximum atomic E-state index is 13.7. The van der Waals surface area contributed by atoms with E-state index in [-0.39, 0.29) is 18.2 Å². The summed E-state index contributed by atoms with van der Waals surface area (Å²) in [4.78, 5) is 33.7. The lowest BCUT2D eigenvalue weighted by molar-refractivity contribution is 0.0943.